The number of halogens is 3. The van der Waals surface area contributed by atoms with E-state index >= 15 is 0 Å². The van der Waals surface area contributed by atoms with E-state index in [0.717, 1.165) is 33.3 Å². The Hall–Kier alpha value is -3.32. The van der Waals surface area contributed by atoms with E-state index in [1.807, 2.05) is 30.5 Å². The second kappa shape index (κ2) is 7.97. The van der Waals surface area contributed by atoms with Gasteiger partial charge in [0.05, 0.1) is 0 Å². The molecule has 7 heteroatoms. The minimum absolute atomic E-state index is 0.213. The van der Waals surface area contributed by atoms with E-state index < -0.39 is 6.36 Å². The summed E-state index contributed by atoms with van der Waals surface area (Å²) < 4.78 is 40.9. The van der Waals surface area contributed by atoms with Gasteiger partial charge in [-0.15, -0.1) is 13.2 Å². The molecule has 4 nitrogen and oxygen atoms in total. The zero-order valence-electron chi connectivity index (χ0n) is 15.3. The summed E-state index contributed by atoms with van der Waals surface area (Å²) in [5.74, 6) is -0.213. The number of H-pyrrole nitrogens is 1. The molecule has 0 aliphatic carbocycles. The maximum absolute atomic E-state index is 12.3. The minimum atomic E-state index is -4.69. The van der Waals surface area contributed by atoms with Crippen LogP contribution in [0, 0.1) is 0 Å². The van der Waals surface area contributed by atoms with Crippen molar-refractivity contribution < 1.29 is 17.9 Å². The van der Waals surface area contributed by atoms with Crippen molar-refractivity contribution in [1.29, 1.82) is 0 Å². The monoisotopic (exact) mass is 397 g/mol. The highest BCUT2D eigenvalue weighted by Gasteiger charge is 2.31. The molecule has 4 aromatic rings. The number of aromatic nitrogens is 2. The predicted molar refractivity (Wildman–Crippen MR) is 105 cm³/mol. The van der Waals surface area contributed by atoms with Crippen molar-refractivity contribution in [2.75, 3.05) is 0 Å². The Bertz CT molecular complexity index is 1100. The number of hydrogen-bond donors (Lipinski definition) is 2. The molecule has 4 rings (SSSR count). The van der Waals surface area contributed by atoms with Crippen molar-refractivity contribution >= 4 is 11.0 Å². The largest absolute Gasteiger partial charge is 0.573 e. The summed E-state index contributed by atoms with van der Waals surface area (Å²) in [4.78, 5) is 7.41. The van der Waals surface area contributed by atoms with Gasteiger partial charge in [-0.3, -0.25) is 0 Å². The van der Waals surface area contributed by atoms with E-state index in [0.29, 0.717) is 13.1 Å². The van der Waals surface area contributed by atoms with Crippen LogP contribution in [-0.2, 0) is 13.1 Å². The summed E-state index contributed by atoms with van der Waals surface area (Å²) in [6, 6.07) is 18.1. The Labute approximate surface area is 165 Å². The number of fused-ring (bicyclic) bond motifs is 1. The van der Waals surface area contributed by atoms with Crippen LogP contribution < -0.4 is 10.1 Å². The van der Waals surface area contributed by atoms with E-state index in [2.05, 4.69) is 32.2 Å². The first-order valence-electron chi connectivity index (χ1n) is 9.05. The zero-order valence-corrected chi connectivity index (χ0v) is 15.3. The third kappa shape index (κ3) is 4.75. The first-order chi connectivity index (χ1) is 14.0. The Morgan fingerprint density at radius 1 is 0.931 bits per heavy atom. The van der Waals surface area contributed by atoms with Crippen LogP contribution in [0.1, 0.15) is 11.1 Å². The maximum Gasteiger partial charge on any atom is 0.573 e. The molecule has 0 saturated heterocycles. The van der Waals surface area contributed by atoms with Crippen LogP contribution >= 0.6 is 0 Å². The first-order valence-corrected chi connectivity index (χ1v) is 9.05. The van der Waals surface area contributed by atoms with E-state index in [1.165, 1.54) is 12.1 Å². The molecule has 0 spiro atoms. The zero-order chi connectivity index (χ0) is 20.3. The molecule has 29 heavy (non-hydrogen) atoms. The molecule has 0 aliphatic heterocycles. The van der Waals surface area contributed by atoms with Gasteiger partial charge in [-0.25, -0.2) is 4.98 Å². The number of nitrogens with one attached hydrogen (secondary N) is 2. The highest BCUT2D eigenvalue weighted by atomic mass is 19.4. The van der Waals surface area contributed by atoms with Crippen molar-refractivity contribution in [3.8, 4) is 16.9 Å². The summed E-state index contributed by atoms with van der Waals surface area (Å²) in [6.45, 7) is 1.03. The molecule has 0 saturated carbocycles. The lowest BCUT2D eigenvalue weighted by Gasteiger charge is -2.11. The van der Waals surface area contributed by atoms with Crippen molar-refractivity contribution in [2.45, 2.75) is 19.5 Å². The van der Waals surface area contributed by atoms with Gasteiger partial charge >= 0.3 is 6.36 Å². The average Bonchev–Trinajstić information content (AvgIpc) is 3.16. The van der Waals surface area contributed by atoms with Crippen LogP contribution in [0.2, 0.25) is 0 Å². The van der Waals surface area contributed by atoms with E-state index in [9.17, 15) is 13.2 Å². The van der Waals surface area contributed by atoms with Crippen LogP contribution in [-0.4, -0.2) is 16.3 Å². The average molecular weight is 397 g/mol. The van der Waals surface area contributed by atoms with Gasteiger partial charge in [0.1, 0.15) is 11.4 Å². The van der Waals surface area contributed by atoms with Gasteiger partial charge in [-0.2, -0.15) is 0 Å². The smallest absolute Gasteiger partial charge is 0.406 e. The van der Waals surface area contributed by atoms with Crippen LogP contribution in [0.25, 0.3) is 22.2 Å². The molecule has 0 fully saturated rings. The summed E-state index contributed by atoms with van der Waals surface area (Å²) >= 11 is 0. The fourth-order valence-corrected chi connectivity index (χ4v) is 3.22. The van der Waals surface area contributed by atoms with Crippen LogP contribution in [0.3, 0.4) is 0 Å². The normalized spacial score (nSPS) is 11.7. The summed E-state index contributed by atoms with van der Waals surface area (Å²) in [7, 11) is 0. The minimum Gasteiger partial charge on any atom is -0.406 e. The molecular formula is C22H18F3N3O. The quantitative estimate of drug-likeness (QED) is 0.457. The third-order valence-electron chi connectivity index (χ3n) is 4.52. The van der Waals surface area contributed by atoms with E-state index in [-0.39, 0.29) is 5.75 Å². The van der Waals surface area contributed by atoms with Crippen molar-refractivity contribution in [1.82, 2.24) is 15.3 Å². The topological polar surface area (TPSA) is 49.9 Å². The molecule has 0 bridgehead atoms. The van der Waals surface area contributed by atoms with Gasteiger partial charge in [0.15, 0.2) is 0 Å². The van der Waals surface area contributed by atoms with Crippen LogP contribution in [0.15, 0.2) is 73.1 Å². The lowest BCUT2D eigenvalue weighted by molar-refractivity contribution is -0.274. The first kappa shape index (κ1) is 19.0. The maximum atomic E-state index is 12.3. The molecule has 0 unspecified atom stereocenters. The molecule has 0 aliphatic rings. The van der Waals surface area contributed by atoms with E-state index in [4.69, 9.17) is 0 Å². The Balaban J connectivity index is 1.38. The Morgan fingerprint density at radius 3 is 2.52 bits per heavy atom. The van der Waals surface area contributed by atoms with Gasteiger partial charge in [-0.05, 0) is 46.5 Å². The van der Waals surface area contributed by atoms with Gasteiger partial charge in [0, 0.05) is 30.9 Å². The molecular weight excluding hydrogens is 379 g/mol. The van der Waals surface area contributed by atoms with E-state index in [1.54, 1.807) is 18.3 Å². The molecule has 2 aromatic carbocycles. The highest BCUT2D eigenvalue weighted by molar-refractivity contribution is 5.92. The summed E-state index contributed by atoms with van der Waals surface area (Å²) in [5, 5.41) is 4.31. The fourth-order valence-electron chi connectivity index (χ4n) is 3.22. The molecule has 0 radical (unpaired) electrons. The SMILES string of the molecule is FC(F)(F)Oc1cccc(CNCc2ccc(-c3ccnc4[nH]ccc34)cc2)c1. The van der Waals surface area contributed by atoms with Crippen LogP contribution in [0.5, 0.6) is 5.75 Å². The molecule has 2 heterocycles. The molecule has 148 valence electrons. The molecule has 0 amide bonds. The summed E-state index contributed by atoms with van der Waals surface area (Å²) in [5.41, 5.74) is 4.85. The number of aromatic amines is 1. The number of pyridine rings is 1. The van der Waals surface area contributed by atoms with Crippen molar-refractivity contribution in [2.24, 2.45) is 0 Å². The second-order valence-electron chi connectivity index (χ2n) is 6.59. The lowest BCUT2D eigenvalue weighted by atomic mass is 10.0. The van der Waals surface area contributed by atoms with Crippen molar-refractivity contribution in [3.05, 3.63) is 84.2 Å². The number of rotatable bonds is 6. The highest BCUT2D eigenvalue weighted by Crippen LogP contribution is 2.27. The van der Waals surface area contributed by atoms with Crippen molar-refractivity contribution in [3.63, 3.8) is 0 Å². The molecule has 2 aromatic heterocycles. The lowest BCUT2D eigenvalue weighted by Crippen LogP contribution is -2.17. The standard InChI is InChI=1S/C22H18F3N3O/c23-22(24,25)29-18-3-1-2-16(12-18)14-26-13-15-4-6-17(7-5-15)19-8-10-27-21-20(19)9-11-28-21/h1-12,26H,13-14H2,(H,27,28). The molecule has 0 atom stereocenters. The predicted octanol–water partition coefficient (Wildman–Crippen LogP) is 5.42. The van der Waals surface area contributed by atoms with Gasteiger partial charge in [0.2, 0.25) is 0 Å². The number of alkyl halides is 3. The number of nitrogens with zero attached hydrogens (tertiary/aromatic N) is 1. The van der Waals surface area contributed by atoms with Crippen LogP contribution in [0.4, 0.5) is 13.2 Å². The fraction of sp³-hybridized carbons (Fsp3) is 0.136. The Kier molecular flexibility index (Phi) is 5.22. The number of hydrogen-bond acceptors (Lipinski definition) is 3. The van der Waals surface area contributed by atoms with Gasteiger partial charge in [0.25, 0.3) is 0 Å². The van der Waals surface area contributed by atoms with Gasteiger partial charge in [-0.1, -0.05) is 36.4 Å². The summed E-state index contributed by atoms with van der Waals surface area (Å²) in [6.07, 6.45) is -1.04. The number of benzene rings is 2. The van der Waals surface area contributed by atoms with Gasteiger partial charge < -0.3 is 15.0 Å². The Morgan fingerprint density at radius 2 is 1.72 bits per heavy atom. The second-order valence-corrected chi connectivity index (χ2v) is 6.59. The third-order valence-corrected chi connectivity index (χ3v) is 4.52. The number of ether oxygens (including phenoxy) is 1. The molecule has 2 N–H and O–H groups in total.